The van der Waals surface area contributed by atoms with Gasteiger partial charge in [-0.15, -0.1) is 0 Å². The largest absolute Gasteiger partial charge is 0.245 e. The first-order chi connectivity index (χ1) is 7.75. The van der Waals surface area contributed by atoms with Crippen molar-refractivity contribution in [1.29, 1.82) is 0 Å². The quantitative estimate of drug-likeness (QED) is 0.779. The van der Waals surface area contributed by atoms with Crippen LogP contribution in [0.3, 0.4) is 0 Å². The highest BCUT2D eigenvalue weighted by Gasteiger charge is 2.00. The maximum atomic E-state index is 4.23. The topological polar surface area (TPSA) is 25.8 Å². The van der Waals surface area contributed by atoms with Gasteiger partial charge in [-0.1, -0.05) is 38.1 Å². The molecule has 2 nitrogen and oxygen atoms in total. The second-order valence-electron chi connectivity index (χ2n) is 4.39. The van der Waals surface area contributed by atoms with Gasteiger partial charge in [0.2, 0.25) is 0 Å². The van der Waals surface area contributed by atoms with Gasteiger partial charge < -0.3 is 0 Å². The molecule has 0 bridgehead atoms. The predicted molar refractivity (Wildman–Crippen MR) is 66.0 cm³/mol. The molecule has 0 N–H and O–H groups in total. The highest BCUT2D eigenvalue weighted by Crippen LogP contribution is 2.17. The molecule has 0 atom stereocenters. The molecule has 0 saturated carbocycles. The van der Waals surface area contributed by atoms with Crippen molar-refractivity contribution < 1.29 is 0 Å². The third-order valence-corrected chi connectivity index (χ3v) is 2.48. The van der Waals surface area contributed by atoms with Crippen molar-refractivity contribution >= 4 is 0 Å². The van der Waals surface area contributed by atoms with E-state index in [1.54, 1.807) is 12.5 Å². The lowest BCUT2D eigenvalue weighted by atomic mass is 10.0. The fourth-order valence-electron chi connectivity index (χ4n) is 1.74. The SMILES string of the molecule is CC(C)Cc1ccc(-c2ccncn2)cc1. The molecule has 0 spiro atoms. The van der Waals surface area contributed by atoms with Gasteiger partial charge in [0.05, 0.1) is 5.69 Å². The van der Waals surface area contributed by atoms with Gasteiger partial charge in [0.1, 0.15) is 6.33 Å². The highest BCUT2D eigenvalue weighted by atomic mass is 14.8. The lowest BCUT2D eigenvalue weighted by Crippen LogP contribution is -1.93. The monoisotopic (exact) mass is 212 g/mol. The van der Waals surface area contributed by atoms with Gasteiger partial charge in [0, 0.05) is 11.8 Å². The molecule has 82 valence electrons. The van der Waals surface area contributed by atoms with Crippen LogP contribution in [0.1, 0.15) is 19.4 Å². The average molecular weight is 212 g/mol. The van der Waals surface area contributed by atoms with Gasteiger partial charge in [0.15, 0.2) is 0 Å². The summed E-state index contributed by atoms with van der Waals surface area (Å²) in [6.07, 6.45) is 4.48. The molecule has 0 fully saturated rings. The van der Waals surface area contributed by atoms with Gasteiger partial charge in [-0.25, -0.2) is 9.97 Å². The summed E-state index contributed by atoms with van der Waals surface area (Å²) >= 11 is 0. The van der Waals surface area contributed by atoms with Gasteiger partial charge in [-0.3, -0.25) is 0 Å². The van der Waals surface area contributed by atoms with Crippen LogP contribution in [0.4, 0.5) is 0 Å². The number of rotatable bonds is 3. The Morgan fingerprint density at radius 1 is 1.06 bits per heavy atom. The van der Waals surface area contributed by atoms with Crippen molar-refractivity contribution in [3.05, 3.63) is 48.4 Å². The molecular weight excluding hydrogens is 196 g/mol. The Bertz CT molecular complexity index is 432. The maximum Gasteiger partial charge on any atom is 0.116 e. The van der Waals surface area contributed by atoms with Gasteiger partial charge in [-0.2, -0.15) is 0 Å². The molecule has 1 heterocycles. The first kappa shape index (κ1) is 10.8. The summed E-state index contributed by atoms with van der Waals surface area (Å²) in [4.78, 5) is 8.15. The molecule has 0 amide bonds. The van der Waals surface area contributed by atoms with Crippen LogP contribution in [0.25, 0.3) is 11.3 Å². The van der Waals surface area contributed by atoms with Crippen molar-refractivity contribution in [2.75, 3.05) is 0 Å². The van der Waals surface area contributed by atoms with Crippen LogP contribution in [0.2, 0.25) is 0 Å². The Morgan fingerprint density at radius 2 is 1.81 bits per heavy atom. The summed E-state index contributed by atoms with van der Waals surface area (Å²) in [6, 6.07) is 10.5. The normalized spacial score (nSPS) is 10.7. The minimum Gasteiger partial charge on any atom is -0.245 e. The smallest absolute Gasteiger partial charge is 0.116 e. The number of benzene rings is 1. The Kier molecular flexibility index (Phi) is 3.30. The van der Waals surface area contributed by atoms with Gasteiger partial charge in [-0.05, 0) is 24.0 Å². The summed E-state index contributed by atoms with van der Waals surface area (Å²) < 4.78 is 0. The first-order valence-electron chi connectivity index (χ1n) is 5.61. The highest BCUT2D eigenvalue weighted by molar-refractivity contribution is 5.58. The molecule has 2 heteroatoms. The van der Waals surface area contributed by atoms with Crippen molar-refractivity contribution in [1.82, 2.24) is 9.97 Å². The minimum absolute atomic E-state index is 0.699. The van der Waals surface area contributed by atoms with E-state index < -0.39 is 0 Å². The summed E-state index contributed by atoms with van der Waals surface area (Å²) in [5, 5.41) is 0. The lowest BCUT2D eigenvalue weighted by molar-refractivity contribution is 0.647. The zero-order valence-corrected chi connectivity index (χ0v) is 9.72. The van der Waals surface area contributed by atoms with Crippen LogP contribution in [0, 0.1) is 5.92 Å². The molecule has 16 heavy (non-hydrogen) atoms. The molecule has 1 aromatic heterocycles. The Labute approximate surface area is 96.4 Å². The molecule has 0 aliphatic carbocycles. The van der Waals surface area contributed by atoms with Gasteiger partial charge in [0.25, 0.3) is 0 Å². The van der Waals surface area contributed by atoms with Crippen LogP contribution in [0.5, 0.6) is 0 Å². The van der Waals surface area contributed by atoms with Crippen LogP contribution >= 0.6 is 0 Å². The van der Waals surface area contributed by atoms with Gasteiger partial charge >= 0.3 is 0 Å². The van der Waals surface area contributed by atoms with E-state index in [1.165, 1.54) is 5.56 Å². The van der Waals surface area contributed by atoms with E-state index in [9.17, 15) is 0 Å². The third kappa shape index (κ3) is 2.66. The Morgan fingerprint density at radius 3 is 2.38 bits per heavy atom. The summed E-state index contributed by atoms with van der Waals surface area (Å²) in [5.74, 6) is 0.699. The zero-order chi connectivity index (χ0) is 11.4. The van der Waals surface area contributed by atoms with E-state index in [-0.39, 0.29) is 0 Å². The summed E-state index contributed by atoms with van der Waals surface area (Å²) in [5.41, 5.74) is 3.51. The van der Waals surface area contributed by atoms with E-state index >= 15 is 0 Å². The van der Waals surface area contributed by atoms with E-state index in [2.05, 4.69) is 48.1 Å². The molecule has 0 unspecified atom stereocenters. The number of hydrogen-bond donors (Lipinski definition) is 0. The molecule has 1 aromatic carbocycles. The zero-order valence-electron chi connectivity index (χ0n) is 9.72. The van der Waals surface area contributed by atoms with Crippen molar-refractivity contribution in [2.24, 2.45) is 5.92 Å². The first-order valence-corrected chi connectivity index (χ1v) is 5.61. The van der Waals surface area contributed by atoms with E-state index in [0.717, 1.165) is 17.7 Å². The fourth-order valence-corrected chi connectivity index (χ4v) is 1.74. The molecule has 2 aromatic rings. The lowest BCUT2D eigenvalue weighted by Gasteiger charge is -2.06. The molecule has 0 aliphatic rings. The number of hydrogen-bond acceptors (Lipinski definition) is 2. The third-order valence-electron chi connectivity index (χ3n) is 2.48. The maximum absolute atomic E-state index is 4.23. The second-order valence-corrected chi connectivity index (χ2v) is 4.39. The van der Waals surface area contributed by atoms with Crippen LogP contribution in [-0.2, 0) is 6.42 Å². The van der Waals surface area contributed by atoms with Crippen molar-refractivity contribution in [2.45, 2.75) is 20.3 Å². The molecule has 0 aliphatic heterocycles. The Balaban J connectivity index is 2.20. The van der Waals surface area contributed by atoms with Crippen LogP contribution in [0.15, 0.2) is 42.9 Å². The summed E-state index contributed by atoms with van der Waals surface area (Å²) in [6.45, 7) is 4.47. The average Bonchev–Trinajstić information content (AvgIpc) is 2.30. The molecule has 0 radical (unpaired) electrons. The number of nitrogens with zero attached hydrogens (tertiary/aromatic N) is 2. The van der Waals surface area contributed by atoms with E-state index in [1.807, 2.05) is 6.07 Å². The molecule has 0 saturated heterocycles. The number of aromatic nitrogens is 2. The minimum atomic E-state index is 0.699. The summed E-state index contributed by atoms with van der Waals surface area (Å²) in [7, 11) is 0. The second kappa shape index (κ2) is 4.88. The fraction of sp³-hybridized carbons (Fsp3) is 0.286. The predicted octanol–water partition coefficient (Wildman–Crippen LogP) is 3.34. The standard InChI is InChI=1S/C14H16N2/c1-11(2)9-12-3-5-13(6-4-12)14-7-8-15-10-16-14/h3-8,10-11H,9H2,1-2H3. The molecule has 2 rings (SSSR count). The Hall–Kier alpha value is -1.70. The van der Waals surface area contributed by atoms with Crippen LogP contribution in [-0.4, -0.2) is 9.97 Å². The van der Waals surface area contributed by atoms with Crippen molar-refractivity contribution in [3.8, 4) is 11.3 Å². The van der Waals surface area contributed by atoms with Crippen LogP contribution < -0.4 is 0 Å². The van der Waals surface area contributed by atoms with E-state index in [4.69, 9.17) is 0 Å². The molecular formula is C14H16N2. The van der Waals surface area contributed by atoms with Crippen molar-refractivity contribution in [3.63, 3.8) is 0 Å². The van der Waals surface area contributed by atoms with E-state index in [0.29, 0.717) is 5.92 Å².